The fraction of sp³-hybridized carbons (Fsp3) is 0.0714. The smallest absolute Gasteiger partial charge is 0.196 e. The van der Waals surface area contributed by atoms with Crippen LogP contribution in [0.5, 0.6) is 0 Å². The van der Waals surface area contributed by atoms with Gasteiger partial charge in [0.2, 0.25) is 0 Å². The Hall–Kier alpha value is -3.82. The minimum absolute atomic E-state index is 0.0145. The summed E-state index contributed by atoms with van der Waals surface area (Å²) < 4.78 is 5.30. The Kier molecular flexibility index (Phi) is 8.04. The quantitative estimate of drug-likeness (QED) is 0.358. The van der Waals surface area contributed by atoms with E-state index in [1.807, 2.05) is 109 Å². The summed E-state index contributed by atoms with van der Waals surface area (Å²) >= 11 is 0. The second-order valence-electron chi connectivity index (χ2n) is 6.82. The molecule has 0 fully saturated rings. The van der Waals surface area contributed by atoms with Crippen molar-refractivity contribution in [3.05, 3.63) is 144 Å². The van der Waals surface area contributed by atoms with Crippen molar-refractivity contribution in [3.8, 4) is 0 Å². The molecule has 0 heterocycles. The highest BCUT2D eigenvalue weighted by molar-refractivity contribution is 6.08. The van der Waals surface area contributed by atoms with E-state index in [0.29, 0.717) is 5.56 Å². The standard InChI is InChI=1S/C15H14O2.C13H10O/c1-17-15(13-10-6-3-7-11-13)14(16)12-8-4-2-5-9-12;14-13(11-7-3-1-4-8-11)12-9-5-2-6-10-12/h2-11,15H,1H3;1-10H. The van der Waals surface area contributed by atoms with Gasteiger partial charge in [0.15, 0.2) is 11.6 Å². The van der Waals surface area contributed by atoms with Crippen LogP contribution >= 0.6 is 0 Å². The van der Waals surface area contributed by atoms with Crippen molar-refractivity contribution in [2.45, 2.75) is 6.10 Å². The number of benzene rings is 4. The zero-order valence-electron chi connectivity index (χ0n) is 17.3. The maximum absolute atomic E-state index is 12.3. The van der Waals surface area contributed by atoms with Crippen LogP contribution in [0, 0.1) is 0 Å². The molecule has 4 aromatic rings. The molecule has 0 aliphatic heterocycles. The van der Waals surface area contributed by atoms with Gasteiger partial charge in [-0.05, 0) is 5.56 Å². The van der Waals surface area contributed by atoms with Crippen LogP contribution in [-0.4, -0.2) is 18.7 Å². The second kappa shape index (κ2) is 11.4. The molecule has 0 amide bonds. The van der Waals surface area contributed by atoms with Gasteiger partial charge in [-0.3, -0.25) is 9.59 Å². The lowest BCUT2D eigenvalue weighted by atomic mass is 10.00. The number of carbonyl (C=O) groups excluding carboxylic acids is 2. The molecular weight excluding hydrogens is 384 g/mol. The molecule has 154 valence electrons. The summed E-state index contributed by atoms with van der Waals surface area (Å²) in [6.45, 7) is 0. The largest absolute Gasteiger partial charge is 0.369 e. The topological polar surface area (TPSA) is 43.4 Å². The fourth-order valence-corrected chi connectivity index (χ4v) is 3.12. The van der Waals surface area contributed by atoms with E-state index in [0.717, 1.165) is 16.7 Å². The van der Waals surface area contributed by atoms with Crippen LogP contribution < -0.4 is 0 Å². The van der Waals surface area contributed by atoms with Gasteiger partial charge in [-0.1, -0.05) is 121 Å². The van der Waals surface area contributed by atoms with E-state index in [-0.39, 0.29) is 11.6 Å². The van der Waals surface area contributed by atoms with Gasteiger partial charge in [0.25, 0.3) is 0 Å². The Labute approximate surface area is 183 Å². The molecule has 0 aliphatic rings. The summed E-state index contributed by atoms with van der Waals surface area (Å²) in [4.78, 5) is 24.1. The van der Waals surface area contributed by atoms with Crippen molar-refractivity contribution in [2.24, 2.45) is 0 Å². The molecule has 3 heteroatoms. The molecule has 4 aromatic carbocycles. The maximum atomic E-state index is 12.3. The van der Waals surface area contributed by atoms with Gasteiger partial charge < -0.3 is 4.74 Å². The summed E-state index contributed by atoms with van der Waals surface area (Å²) in [5, 5.41) is 0. The average molecular weight is 408 g/mol. The molecule has 0 N–H and O–H groups in total. The van der Waals surface area contributed by atoms with Gasteiger partial charge in [0, 0.05) is 23.8 Å². The molecule has 4 rings (SSSR count). The van der Waals surface area contributed by atoms with Crippen molar-refractivity contribution in [3.63, 3.8) is 0 Å². The number of hydrogen-bond acceptors (Lipinski definition) is 3. The summed E-state index contributed by atoms with van der Waals surface area (Å²) in [6, 6.07) is 37.3. The van der Waals surface area contributed by atoms with Crippen LogP contribution in [0.4, 0.5) is 0 Å². The Bertz CT molecular complexity index is 1030. The van der Waals surface area contributed by atoms with E-state index in [9.17, 15) is 9.59 Å². The van der Waals surface area contributed by atoms with E-state index in [2.05, 4.69) is 0 Å². The number of hydrogen-bond donors (Lipinski definition) is 0. The van der Waals surface area contributed by atoms with Gasteiger partial charge in [-0.25, -0.2) is 0 Å². The molecule has 0 saturated carbocycles. The number of methoxy groups -OCH3 is 1. The molecule has 0 bridgehead atoms. The lowest BCUT2D eigenvalue weighted by Gasteiger charge is -2.14. The molecule has 0 aliphatic carbocycles. The first-order chi connectivity index (χ1) is 15.2. The third-order valence-corrected chi connectivity index (χ3v) is 4.71. The van der Waals surface area contributed by atoms with E-state index >= 15 is 0 Å². The normalized spacial score (nSPS) is 11.0. The predicted molar refractivity (Wildman–Crippen MR) is 123 cm³/mol. The van der Waals surface area contributed by atoms with Crippen LogP contribution in [0.1, 0.15) is 37.9 Å². The minimum Gasteiger partial charge on any atom is -0.369 e. The first-order valence-corrected chi connectivity index (χ1v) is 10.0. The van der Waals surface area contributed by atoms with E-state index in [1.54, 1.807) is 19.2 Å². The summed E-state index contributed by atoms with van der Waals surface area (Å²) in [5.41, 5.74) is 3.02. The van der Waals surface area contributed by atoms with Crippen LogP contribution in [0.3, 0.4) is 0 Å². The molecule has 0 radical (unpaired) electrons. The van der Waals surface area contributed by atoms with Gasteiger partial charge in [0.05, 0.1) is 0 Å². The van der Waals surface area contributed by atoms with E-state index < -0.39 is 6.10 Å². The molecule has 31 heavy (non-hydrogen) atoms. The third kappa shape index (κ3) is 6.08. The average Bonchev–Trinajstić information content (AvgIpc) is 2.86. The number of Topliss-reactive ketones (excluding diaryl/α,β-unsaturated/α-hetero) is 1. The van der Waals surface area contributed by atoms with Crippen LogP contribution in [0.15, 0.2) is 121 Å². The van der Waals surface area contributed by atoms with Crippen molar-refractivity contribution in [2.75, 3.05) is 7.11 Å². The molecule has 0 saturated heterocycles. The Balaban J connectivity index is 0.000000179. The number of ether oxygens (including phenoxy) is 1. The van der Waals surface area contributed by atoms with Crippen molar-refractivity contribution in [1.82, 2.24) is 0 Å². The van der Waals surface area contributed by atoms with Crippen LogP contribution in [-0.2, 0) is 4.74 Å². The molecule has 1 atom stereocenters. The lowest BCUT2D eigenvalue weighted by Crippen LogP contribution is -2.14. The summed E-state index contributed by atoms with van der Waals surface area (Å²) in [5.74, 6) is 0.0606. The number of rotatable bonds is 6. The zero-order valence-corrected chi connectivity index (χ0v) is 17.3. The minimum atomic E-state index is -0.529. The molecule has 0 spiro atoms. The highest BCUT2D eigenvalue weighted by Crippen LogP contribution is 2.21. The Morgan fingerprint density at radius 3 is 1.29 bits per heavy atom. The first kappa shape index (κ1) is 21.9. The van der Waals surface area contributed by atoms with Gasteiger partial charge in [0.1, 0.15) is 6.10 Å². The van der Waals surface area contributed by atoms with E-state index in [4.69, 9.17) is 4.74 Å². The van der Waals surface area contributed by atoms with Gasteiger partial charge >= 0.3 is 0 Å². The highest BCUT2D eigenvalue weighted by Gasteiger charge is 2.20. The fourth-order valence-electron chi connectivity index (χ4n) is 3.12. The first-order valence-electron chi connectivity index (χ1n) is 10.0. The lowest BCUT2D eigenvalue weighted by molar-refractivity contribution is 0.0604. The zero-order chi connectivity index (χ0) is 21.9. The highest BCUT2D eigenvalue weighted by atomic mass is 16.5. The van der Waals surface area contributed by atoms with Crippen molar-refractivity contribution in [1.29, 1.82) is 0 Å². The van der Waals surface area contributed by atoms with Gasteiger partial charge in [-0.2, -0.15) is 0 Å². The summed E-state index contributed by atoms with van der Waals surface area (Å²) in [6.07, 6.45) is -0.529. The summed E-state index contributed by atoms with van der Waals surface area (Å²) in [7, 11) is 1.55. The van der Waals surface area contributed by atoms with E-state index in [1.165, 1.54) is 0 Å². The monoisotopic (exact) mass is 408 g/mol. The third-order valence-electron chi connectivity index (χ3n) is 4.71. The van der Waals surface area contributed by atoms with Crippen LogP contribution in [0.25, 0.3) is 0 Å². The molecule has 1 unspecified atom stereocenters. The number of carbonyl (C=O) groups is 2. The molecule has 3 nitrogen and oxygen atoms in total. The maximum Gasteiger partial charge on any atom is 0.196 e. The van der Waals surface area contributed by atoms with Crippen molar-refractivity contribution < 1.29 is 14.3 Å². The number of ketones is 2. The molecule has 0 aromatic heterocycles. The SMILES string of the molecule is COC(C(=O)c1ccccc1)c1ccccc1.O=C(c1ccccc1)c1ccccc1. The molecular formula is C28H24O3. The van der Waals surface area contributed by atoms with Crippen molar-refractivity contribution >= 4 is 11.6 Å². The van der Waals surface area contributed by atoms with Crippen LogP contribution in [0.2, 0.25) is 0 Å². The Morgan fingerprint density at radius 2 is 0.903 bits per heavy atom. The Morgan fingerprint density at radius 1 is 0.548 bits per heavy atom. The predicted octanol–water partition coefficient (Wildman–Crippen LogP) is 6.17. The second-order valence-corrected chi connectivity index (χ2v) is 6.82. The van der Waals surface area contributed by atoms with Gasteiger partial charge in [-0.15, -0.1) is 0 Å².